The number of rotatable bonds is 4. The Bertz CT molecular complexity index is 763. The molecule has 0 bridgehead atoms. The summed E-state index contributed by atoms with van der Waals surface area (Å²) in [7, 11) is 0. The van der Waals surface area contributed by atoms with Crippen molar-refractivity contribution in [3.63, 3.8) is 0 Å². The average molecular weight is 442 g/mol. The lowest BCUT2D eigenvalue weighted by atomic mass is 9.85. The number of alkyl halides is 3. The predicted molar refractivity (Wildman–Crippen MR) is 111 cm³/mol. The fraction of sp³-hybridized carbons (Fsp3) is 0.696. The maximum absolute atomic E-state index is 13.8. The van der Waals surface area contributed by atoms with Gasteiger partial charge in [0.25, 0.3) is 0 Å². The zero-order valence-electron chi connectivity index (χ0n) is 17.8. The molecule has 3 aliphatic rings. The molecule has 1 aromatic rings. The molecular weight excluding hydrogens is 410 g/mol. The van der Waals surface area contributed by atoms with Gasteiger partial charge in [0.15, 0.2) is 0 Å². The maximum atomic E-state index is 13.8. The van der Waals surface area contributed by atoms with Crippen molar-refractivity contribution in [2.24, 2.45) is 5.92 Å². The molecule has 31 heavy (non-hydrogen) atoms. The highest BCUT2D eigenvalue weighted by Crippen LogP contribution is 2.34. The lowest BCUT2D eigenvalue weighted by Gasteiger charge is -2.40. The van der Waals surface area contributed by atoms with Gasteiger partial charge in [-0.2, -0.15) is 13.2 Å². The second-order valence-electron chi connectivity index (χ2n) is 9.18. The Kier molecular flexibility index (Phi) is 6.74. The number of carbonyl (C=O) groups is 1. The third-order valence-corrected chi connectivity index (χ3v) is 7.19. The van der Waals surface area contributed by atoms with E-state index >= 15 is 0 Å². The molecule has 0 spiro atoms. The normalized spacial score (nSPS) is 26.3. The molecule has 8 heteroatoms. The zero-order chi connectivity index (χ0) is 22.0. The van der Waals surface area contributed by atoms with E-state index in [1.54, 1.807) is 0 Å². The topological polar surface area (TPSA) is 35.6 Å². The van der Waals surface area contributed by atoms with Crippen LogP contribution in [0.5, 0.6) is 0 Å². The quantitative estimate of drug-likeness (QED) is 0.675. The highest BCUT2D eigenvalue weighted by atomic mass is 19.4. The van der Waals surface area contributed by atoms with Crippen LogP contribution in [0.4, 0.5) is 23.2 Å². The van der Waals surface area contributed by atoms with Crippen molar-refractivity contribution < 1.29 is 22.4 Å². The number of nitrogens with one attached hydrogen (secondary N) is 1. The van der Waals surface area contributed by atoms with E-state index in [0.717, 1.165) is 64.0 Å². The standard InChI is InChI=1S/C23H31F4N3O/c24-21-15-18(9-10-20(21)23(25,26)27)28-17-7-5-16(6-8-17)22(31)30-13-11-29(12-14-30)19-3-1-2-4-19/h9-10,15-17,19,28H,1-8,11-14H2/t16-,17-. The number of hydrogen-bond donors (Lipinski definition) is 1. The molecule has 3 fully saturated rings. The summed E-state index contributed by atoms with van der Waals surface area (Å²) < 4.78 is 51.9. The first-order valence-corrected chi connectivity index (χ1v) is 11.5. The maximum Gasteiger partial charge on any atom is 0.419 e. The monoisotopic (exact) mass is 441 g/mol. The Morgan fingerprint density at radius 2 is 1.58 bits per heavy atom. The number of anilines is 1. The van der Waals surface area contributed by atoms with Crippen molar-refractivity contribution in [1.82, 2.24) is 9.80 Å². The van der Waals surface area contributed by atoms with Gasteiger partial charge in [0.1, 0.15) is 5.82 Å². The minimum Gasteiger partial charge on any atom is -0.382 e. The van der Waals surface area contributed by atoms with Gasteiger partial charge in [0, 0.05) is 49.9 Å². The summed E-state index contributed by atoms with van der Waals surface area (Å²) in [5, 5.41) is 3.14. The molecule has 1 aromatic carbocycles. The minimum atomic E-state index is -4.69. The Morgan fingerprint density at radius 3 is 2.16 bits per heavy atom. The number of piperazine rings is 1. The molecule has 0 aromatic heterocycles. The SMILES string of the molecule is O=C([C@H]1CC[C@H](Nc2ccc(C(F)(F)F)c(F)c2)CC1)N1CCN(C2CCCC2)CC1. The van der Waals surface area contributed by atoms with Crippen LogP contribution in [-0.4, -0.2) is 54.0 Å². The molecule has 0 radical (unpaired) electrons. The van der Waals surface area contributed by atoms with Gasteiger partial charge in [0.2, 0.25) is 5.91 Å². The van der Waals surface area contributed by atoms with E-state index in [1.807, 2.05) is 4.90 Å². The fourth-order valence-electron chi connectivity index (χ4n) is 5.39. The number of amides is 1. The molecule has 1 amide bonds. The van der Waals surface area contributed by atoms with Crippen molar-refractivity contribution >= 4 is 11.6 Å². The van der Waals surface area contributed by atoms with Gasteiger partial charge in [0.05, 0.1) is 5.56 Å². The number of benzene rings is 1. The van der Waals surface area contributed by atoms with Gasteiger partial charge in [-0.15, -0.1) is 0 Å². The third kappa shape index (κ3) is 5.33. The molecule has 1 saturated heterocycles. The van der Waals surface area contributed by atoms with Crippen LogP contribution < -0.4 is 5.32 Å². The molecule has 2 aliphatic carbocycles. The molecule has 1 N–H and O–H groups in total. The Balaban J connectivity index is 1.23. The molecule has 2 saturated carbocycles. The van der Waals surface area contributed by atoms with Gasteiger partial charge in [-0.05, 0) is 56.7 Å². The number of carbonyl (C=O) groups excluding carboxylic acids is 1. The average Bonchev–Trinajstić information content (AvgIpc) is 3.28. The zero-order valence-corrected chi connectivity index (χ0v) is 17.8. The number of nitrogens with zero attached hydrogens (tertiary/aromatic N) is 2. The molecule has 1 heterocycles. The molecule has 172 valence electrons. The number of hydrogen-bond acceptors (Lipinski definition) is 3. The number of halogens is 4. The van der Waals surface area contributed by atoms with Crippen LogP contribution in [0, 0.1) is 11.7 Å². The predicted octanol–water partition coefficient (Wildman–Crippen LogP) is 4.90. The molecule has 4 nitrogen and oxygen atoms in total. The van der Waals surface area contributed by atoms with Gasteiger partial charge in [-0.1, -0.05) is 12.8 Å². The van der Waals surface area contributed by atoms with E-state index in [0.29, 0.717) is 11.7 Å². The van der Waals surface area contributed by atoms with Crippen molar-refractivity contribution in [3.8, 4) is 0 Å². The smallest absolute Gasteiger partial charge is 0.382 e. The van der Waals surface area contributed by atoms with Crippen molar-refractivity contribution in [2.45, 2.75) is 69.6 Å². The molecule has 0 unspecified atom stereocenters. The van der Waals surface area contributed by atoms with Crippen molar-refractivity contribution in [2.75, 3.05) is 31.5 Å². The molecular formula is C23H31F4N3O. The van der Waals surface area contributed by atoms with Crippen LogP contribution in [-0.2, 0) is 11.0 Å². The first-order valence-electron chi connectivity index (χ1n) is 11.5. The van der Waals surface area contributed by atoms with E-state index in [9.17, 15) is 22.4 Å². The summed E-state index contributed by atoms with van der Waals surface area (Å²) in [6, 6.07) is 3.70. The molecule has 0 atom stereocenters. The van der Waals surface area contributed by atoms with E-state index in [2.05, 4.69) is 10.2 Å². The second kappa shape index (κ2) is 9.35. The van der Waals surface area contributed by atoms with Crippen LogP contribution in [0.1, 0.15) is 56.9 Å². The van der Waals surface area contributed by atoms with Gasteiger partial charge in [-0.25, -0.2) is 4.39 Å². The van der Waals surface area contributed by atoms with Gasteiger partial charge < -0.3 is 10.2 Å². The summed E-state index contributed by atoms with van der Waals surface area (Å²) in [6.07, 6.45) is 3.53. The lowest BCUT2D eigenvalue weighted by Crippen LogP contribution is -2.53. The fourth-order valence-corrected chi connectivity index (χ4v) is 5.39. The molecule has 4 rings (SSSR count). The van der Waals surface area contributed by atoms with Crippen LogP contribution in [0.25, 0.3) is 0 Å². The van der Waals surface area contributed by atoms with Crippen LogP contribution in [0.3, 0.4) is 0 Å². The Hall–Kier alpha value is -1.83. The van der Waals surface area contributed by atoms with Crippen molar-refractivity contribution in [3.05, 3.63) is 29.6 Å². The second-order valence-corrected chi connectivity index (χ2v) is 9.18. The van der Waals surface area contributed by atoms with E-state index < -0.39 is 17.6 Å². The highest BCUT2D eigenvalue weighted by Gasteiger charge is 2.35. The summed E-state index contributed by atoms with van der Waals surface area (Å²) in [4.78, 5) is 17.5. The van der Waals surface area contributed by atoms with E-state index in [4.69, 9.17) is 0 Å². The summed E-state index contributed by atoms with van der Waals surface area (Å²) in [6.45, 7) is 3.54. The van der Waals surface area contributed by atoms with Gasteiger partial charge >= 0.3 is 6.18 Å². The van der Waals surface area contributed by atoms with Crippen LogP contribution in [0.2, 0.25) is 0 Å². The van der Waals surface area contributed by atoms with E-state index in [-0.39, 0.29) is 17.9 Å². The minimum absolute atomic E-state index is 0.0143. The summed E-state index contributed by atoms with van der Waals surface area (Å²) >= 11 is 0. The van der Waals surface area contributed by atoms with Crippen LogP contribution >= 0.6 is 0 Å². The molecule has 1 aliphatic heterocycles. The third-order valence-electron chi connectivity index (χ3n) is 7.19. The largest absolute Gasteiger partial charge is 0.419 e. The summed E-state index contributed by atoms with van der Waals surface area (Å²) in [5.41, 5.74) is -0.899. The first kappa shape index (κ1) is 22.4. The Labute approximate surface area is 181 Å². The summed E-state index contributed by atoms with van der Waals surface area (Å²) in [5.74, 6) is -1.01. The van der Waals surface area contributed by atoms with Crippen LogP contribution in [0.15, 0.2) is 18.2 Å². The van der Waals surface area contributed by atoms with Crippen molar-refractivity contribution in [1.29, 1.82) is 0 Å². The van der Waals surface area contributed by atoms with Gasteiger partial charge in [-0.3, -0.25) is 9.69 Å². The first-order chi connectivity index (χ1) is 14.8. The Morgan fingerprint density at radius 1 is 0.935 bits per heavy atom. The lowest BCUT2D eigenvalue weighted by molar-refractivity contribution is -0.140. The van der Waals surface area contributed by atoms with E-state index in [1.165, 1.54) is 31.7 Å². The highest BCUT2D eigenvalue weighted by molar-refractivity contribution is 5.79.